The highest BCUT2D eigenvalue weighted by atomic mass is 32.1. The van der Waals surface area contributed by atoms with Crippen LogP contribution in [0.1, 0.15) is 12.5 Å². The van der Waals surface area contributed by atoms with Gasteiger partial charge in [0.05, 0.1) is 13.2 Å². The molecule has 0 radical (unpaired) electrons. The Kier molecular flexibility index (Phi) is 10.8. The minimum Gasteiger partial charge on any atom is -0.387 e. The van der Waals surface area contributed by atoms with Crippen LogP contribution in [0.4, 0.5) is 0 Å². The van der Waals surface area contributed by atoms with Gasteiger partial charge in [0, 0.05) is 18.5 Å². The molecule has 45 heavy (non-hydrogen) atoms. The molecule has 0 amide bonds. The predicted octanol–water partition coefficient (Wildman–Crippen LogP) is -2.94. The van der Waals surface area contributed by atoms with Crippen molar-refractivity contribution in [3.05, 3.63) is 60.5 Å². The quantitative estimate of drug-likeness (QED) is 0.0780. The predicted molar refractivity (Wildman–Crippen MR) is 143 cm³/mol. The van der Waals surface area contributed by atoms with E-state index in [0.29, 0.717) is 4.57 Å². The van der Waals surface area contributed by atoms with Crippen molar-refractivity contribution in [3.63, 3.8) is 0 Å². The van der Waals surface area contributed by atoms with Crippen LogP contribution in [0.2, 0.25) is 0 Å². The fraction of sp³-hybridized carbons (Fsp3) is 0.556. The van der Waals surface area contributed by atoms with Crippen molar-refractivity contribution < 1.29 is 75.9 Å². The highest BCUT2D eigenvalue weighted by Gasteiger charge is 2.48. The first-order valence-electron chi connectivity index (χ1n) is 12.2. The molecule has 0 spiro atoms. The van der Waals surface area contributed by atoms with Gasteiger partial charge in [-0.2, -0.15) is 8.62 Å². The van der Waals surface area contributed by atoms with Gasteiger partial charge < -0.3 is 44.6 Å². The first kappa shape index (κ1) is 35.8. The van der Waals surface area contributed by atoms with Crippen LogP contribution in [-0.2, 0) is 40.8 Å². The Bertz CT molecular complexity index is 1650. The Morgan fingerprint density at radius 2 is 1.13 bits per heavy atom. The number of aromatic amines is 2. The van der Waals surface area contributed by atoms with E-state index in [-0.39, 0.29) is 4.64 Å². The third-order valence-corrected chi connectivity index (χ3v) is 10.6. The standard InChI is InChI=1S/C18H25N4O19P3S/c23-9-1-3-21(17(28)19-9)15-13(26)11(24)7(38-15)5-36-42(30,31)40-44(34,35)41-43(32,33)37-6-8-12(25)14(27)16(39-8)22-4-2-10(45)20-18(22)29/h1-4,7-8,11-16,24-27H,5-6H2,(H,30,31)(H,32,33)(H,34,35)(H,19,23,28)(H,20,29,45)/t7?,8-,11-,12-,13-,14-,15+,16-/m1/s1. The number of hydrogen-bond donors (Lipinski definition) is 9. The first-order chi connectivity index (χ1) is 20.8. The third-order valence-electron chi connectivity index (χ3n) is 6.14. The average molecular weight is 726 g/mol. The molecule has 0 aromatic carbocycles. The lowest BCUT2D eigenvalue weighted by atomic mass is 10.1. The van der Waals surface area contributed by atoms with Gasteiger partial charge in [-0.3, -0.25) is 32.9 Å². The monoisotopic (exact) mass is 726 g/mol. The zero-order valence-electron chi connectivity index (χ0n) is 22.0. The van der Waals surface area contributed by atoms with Crippen LogP contribution in [0.3, 0.4) is 0 Å². The normalized spacial score (nSPS) is 32.5. The third kappa shape index (κ3) is 8.66. The van der Waals surface area contributed by atoms with Gasteiger partial charge >= 0.3 is 34.8 Å². The zero-order chi connectivity index (χ0) is 33.5. The smallest absolute Gasteiger partial charge is 0.387 e. The molecule has 0 saturated carbocycles. The molecule has 2 saturated heterocycles. The van der Waals surface area contributed by atoms with Crippen LogP contribution in [-0.4, -0.2) is 104 Å². The number of H-pyrrole nitrogens is 2. The highest BCUT2D eigenvalue weighted by Crippen LogP contribution is 2.67. The molecule has 4 heterocycles. The Morgan fingerprint density at radius 1 is 0.711 bits per heavy atom. The zero-order valence-corrected chi connectivity index (χ0v) is 25.5. The molecule has 0 bridgehead atoms. The fourth-order valence-corrected chi connectivity index (χ4v) is 7.78. The van der Waals surface area contributed by atoms with E-state index in [2.05, 4.69) is 22.7 Å². The summed E-state index contributed by atoms with van der Waals surface area (Å²) in [5.41, 5.74) is -2.65. The van der Waals surface area contributed by atoms with Crippen LogP contribution in [0.5, 0.6) is 0 Å². The Morgan fingerprint density at radius 3 is 1.56 bits per heavy atom. The summed E-state index contributed by atoms with van der Waals surface area (Å²) >= 11 is 4.79. The molecule has 11 atom stereocenters. The molecule has 2 fully saturated rings. The number of aliphatic hydroxyl groups is 4. The summed E-state index contributed by atoms with van der Waals surface area (Å²) in [6.45, 7) is -2.21. The number of aromatic nitrogens is 4. The number of aliphatic hydroxyl groups excluding tert-OH is 4. The maximum Gasteiger partial charge on any atom is 0.490 e. The summed E-state index contributed by atoms with van der Waals surface area (Å²) in [5.74, 6) is 0. The molecular formula is C18H25N4O19P3S. The molecule has 9 N–H and O–H groups in total. The minimum atomic E-state index is -5.98. The van der Waals surface area contributed by atoms with Gasteiger partial charge in [-0.05, 0) is 6.07 Å². The van der Waals surface area contributed by atoms with E-state index < -0.39 is 103 Å². The van der Waals surface area contributed by atoms with E-state index in [0.717, 1.165) is 23.0 Å². The second kappa shape index (κ2) is 13.6. The maximum atomic E-state index is 12.3. The summed E-state index contributed by atoms with van der Waals surface area (Å²) in [4.78, 5) is 68.8. The van der Waals surface area contributed by atoms with Gasteiger partial charge in [0.1, 0.15) is 41.3 Å². The summed E-state index contributed by atoms with van der Waals surface area (Å²) < 4.78 is 65.6. The van der Waals surface area contributed by atoms with E-state index in [4.69, 9.17) is 21.7 Å². The topological polar surface area (TPSA) is 341 Å². The van der Waals surface area contributed by atoms with Crippen LogP contribution < -0.4 is 16.9 Å². The minimum absolute atomic E-state index is 0.0496. The van der Waals surface area contributed by atoms with Crippen LogP contribution >= 0.6 is 35.7 Å². The molecule has 0 aliphatic carbocycles. The molecule has 2 aliphatic heterocycles. The lowest BCUT2D eigenvalue weighted by Gasteiger charge is -2.21. The van der Waals surface area contributed by atoms with Gasteiger partial charge in [-0.1, -0.05) is 12.2 Å². The van der Waals surface area contributed by atoms with Crippen LogP contribution in [0, 0.1) is 4.64 Å². The van der Waals surface area contributed by atoms with Gasteiger partial charge in [-0.25, -0.2) is 23.3 Å². The largest absolute Gasteiger partial charge is 0.490 e. The number of hydrogen-bond acceptors (Lipinski definition) is 17. The average Bonchev–Trinajstić information content (AvgIpc) is 3.35. The summed E-state index contributed by atoms with van der Waals surface area (Å²) in [5, 5.41) is 40.8. The first-order valence-corrected chi connectivity index (χ1v) is 17.0. The molecule has 4 unspecified atom stereocenters. The van der Waals surface area contributed by atoms with Crippen molar-refractivity contribution >= 4 is 35.7 Å². The van der Waals surface area contributed by atoms with Crippen molar-refractivity contribution in [1.29, 1.82) is 0 Å². The molecule has 4 rings (SSSR count). The molecular weight excluding hydrogens is 701 g/mol. The molecule has 2 aliphatic rings. The highest BCUT2D eigenvalue weighted by molar-refractivity contribution is 7.71. The molecule has 2 aromatic rings. The molecule has 2 aromatic heterocycles. The summed E-state index contributed by atoms with van der Waals surface area (Å²) in [7, 11) is -17.3. The van der Waals surface area contributed by atoms with E-state index in [1.807, 2.05) is 4.98 Å². The molecule has 252 valence electrons. The lowest BCUT2D eigenvalue weighted by molar-refractivity contribution is -0.0549. The van der Waals surface area contributed by atoms with Gasteiger partial charge in [0.15, 0.2) is 12.5 Å². The summed E-state index contributed by atoms with van der Waals surface area (Å²) in [6.07, 6.45) is -11.6. The number of phosphoric acid groups is 3. The van der Waals surface area contributed by atoms with Crippen molar-refractivity contribution in [2.75, 3.05) is 13.2 Å². The second-order valence-corrected chi connectivity index (χ2v) is 14.4. The Hall–Kier alpha value is -2.05. The molecule has 23 nitrogen and oxygen atoms in total. The molecule has 27 heteroatoms. The van der Waals surface area contributed by atoms with E-state index in [9.17, 15) is 63.2 Å². The Balaban J connectivity index is 1.31. The SMILES string of the molecule is O=c1ccn([C@H]2OC(COP(=O)(O)OP(=O)(O)OP(=O)(O)OC[C@H]3O[C@@H](n4ccc(=S)[nH]c4=O)[C@H](O)[C@@H]3O)[C@@H](O)[C@H]2O)c(=O)[nH]1. The number of nitrogens with one attached hydrogen (secondary N) is 2. The fourth-order valence-electron chi connectivity index (χ4n) is 4.11. The van der Waals surface area contributed by atoms with E-state index in [1.54, 1.807) is 0 Å². The second-order valence-electron chi connectivity index (χ2n) is 9.29. The number of ether oxygens (including phenoxy) is 2. The van der Waals surface area contributed by atoms with Gasteiger partial charge in [0.2, 0.25) is 0 Å². The Labute approximate surface area is 253 Å². The number of rotatable bonds is 12. The van der Waals surface area contributed by atoms with Gasteiger partial charge in [0.25, 0.3) is 5.56 Å². The van der Waals surface area contributed by atoms with Crippen molar-refractivity contribution in [2.45, 2.75) is 49.1 Å². The van der Waals surface area contributed by atoms with Crippen molar-refractivity contribution in [1.82, 2.24) is 19.1 Å². The maximum absolute atomic E-state index is 12.3. The van der Waals surface area contributed by atoms with E-state index >= 15 is 0 Å². The lowest BCUT2D eigenvalue weighted by Crippen LogP contribution is -2.37. The van der Waals surface area contributed by atoms with Crippen LogP contribution in [0.25, 0.3) is 0 Å². The number of nitrogens with zero attached hydrogens (tertiary/aromatic N) is 2. The van der Waals surface area contributed by atoms with Crippen molar-refractivity contribution in [2.24, 2.45) is 0 Å². The van der Waals surface area contributed by atoms with Crippen molar-refractivity contribution in [3.8, 4) is 0 Å². The van der Waals surface area contributed by atoms with E-state index in [1.165, 1.54) is 6.07 Å². The van der Waals surface area contributed by atoms with Gasteiger partial charge in [-0.15, -0.1) is 0 Å². The number of phosphoric ester groups is 2. The van der Waals surface area contributed by atoms with Crippen LogP contribution in [0.15, 0.2) is 38.9 Å². The summed E-state index contributed by atoms with van der Waals surface area (Å²) in [6, 6.07) is 2.17.